The van der Waals surface area contributed by atoms with Gasteiger partial charge in [-0.05, 0) is 32.1 Å². The summed E-state index contributed by atoms with van der Waals surface area (Å²) >= 11 is 0. The Morgan fingerprint density at radius 1 is 0.486 bits per heavy atom. The van der Waals surface area contributed by atoms with E-state index in [1.54, 1.807) is 5.82 Å². The maximum atomic E-state index is 2.57. The molecule has 1 heterocycles. The summed E-state index contributed by atoms with van der Waals surface area (Å²) in [7, 11) is 0. The quantitative estimate of drug-likeness (QED) is 0.0858. The van der Waals surface area contributed by atoms with E-state index < -0.39 is 0 Å². The Labute approximate surface area is 221 Å². The molecule has 0 spiro atoms. The van der Waals surface area contributed by atoms with E-state index in [1.165, 1.54) is 174 Å². The van der Waals surface area contributed by atoms with Crippen molar-refractivity contribution in [2.24, 2.45) is 0 Å². The Balaban J connectivity index is 2.07. The Morgan fingerprint density at radius 3 is 1.31 bits per heavy atom. The number of rotatable bonds is 27. The molecule has 0 unspecified atom stereocenters. The molecule has 206 valence electrons. The van der Waals surface area contributed by atoms with Crippen LogP contribution in [0.15, 0.2) is 12.4 Å². The fourth-order valence-electron chi connectivity index (χ4n) is 5.49. The molecule has 0 aliphatic carbocycles. The van der Waals surface area contributed by atoms with Gasteiger partial charge in [0.25, 0.3) is 5.82 Å². The highest BCUT2D eigenvalue weighted by molar-refractivity contribution is 4.84. The van der Waals surface area contributed by atoms with Gasteiger partial charge in [0.1, 0.15) is 12.4 Å². The van der Waals surface area contributed by atoms with Gasteiger partial charge in [-0.2, -0.15) is 0 Å². The average molecular weight is 490 g/mol. The van der Waals surface area contributed by atoms with Crippen LogP contribution >= 0.6 is 0 Å². The van der Waals surface area contributed by atoms with Crippen LogP contribution in [0.25, 0.3) is 0 Å². The standard InChI is InChI=1S/C33H65N2/c1-4-7-9-11-13-15-17-18-19-21-23-25-27-30-35-32-31-34(33(35)28-6-3)29-26-24-22-20-16-14-12-10-8-5-2/h31-32H,4-30H2,1-3H3/q+1. The molecule has 0 saturated carbocycles. The van der Waals surface area contributed by atoms with Crippen molar-refractivity contribution in [2.75, 3.05) is 0 Å². The number of hydrogen-bond donors (Lipinski definition) is 0. The van der Waals surface area contributed by atoms with Crippen molar-refractivity contribution in [2.45, 2.75) is 194 Å². The van der Waals surface area contributed by atoms with E-state index in [-0.39, 0.29) is 0 Å². The number of aromatic nitrogens is 2. The molecule has 0 aliphatic rings. The van der Waals surface area contributed by atoms with Gasteiger partial charge in [0, 0.05) is 6.42 Å². The third-order valence-electron chi connectivity index (χ3n) is 7.82. The number of imidazole rings is 1. The molecule has 2 heteroatoms. The second kappa shape index (κ2) is 24.9. The summed E-state index contributed by atoms with van der Waals surface area (Å²) in [6.45, 7) is 9.37. The zero-order valence-electron chi connectivity index (χ0n) is 24.6. The van der Waals surface area contributed by atoms with Crippen LogP contribution in [0.2, 0.25) is 0 Å². The maximum absolute atomic E-state index is 2.57. The SMILES string of the molecule is CCCCCCCCCCCCCCC[n+]1ccn(CCCCCCCCCCCC)c1CCC. The van der Waals surface area contributed by atoms with E-state index in [2.05, 4.69) is 42.3 Å². The summed E-state index contributed by atoms with van der Waals surface area (Å²) in [5.74, 6) is 1.57. The molecule has 0 bridgehead atoms. The van der Waals surface area contributed by atoms with Gasteiger partial charge in [0.05, 0.1) is 13.1 Å². The second-order valence-electron chi connectivity index (χ2n) is 11.3. The molecule has 0 amide bonds. The number of unbranched alkanes of at least 4 members (excludes halogenated alkanes) is 21. The summed E-state index contributed by atoms with van der Waals surface area (Å²) in [5.41, 5.74) is 0. The van der Waals surface area contributed by atoms with Gasteiger partial charge in [-0.1, -0.05) is 143 Å². The van der Waals surface area contributed by atoms with E-state index in [4.69, 9.17) is 0 Å². The highest BCUT2D eigenvalue weighted by Gasteiger charge is 2.15. The minimum atomic E-state index is 1.22. The van der Waals surface area contributed by atoms with Crippen molar-refractivity contribution in [3.63, 3.8) is 0 Å². The minimum absolute atomic E-state index is 1.22. The molecule has 1 aromatic rings. The summed E-state index contributed by atoms with van der Waals surface area (Å²) in [5, 5.41) is 0. The lowest BCUT2D eigenvalue weighted by Gasteiger charge is -2.06. The first-order valence-corrected chi connectivity index (χ1v) is 16.4. The number of aryl methyl sites for hydroxylation is 2. The van der Waals surface area contributed by atoms with E-state index in [0.29, 0.717) is 0 Å². The first kappa shape index (κ1) is 32.2. The zero-order chi connectivity index (χ0) is 25.2. The van der Waals surface area contributed by atoms with Gasteiger partial charge in [-0.3, -0.25) is 0 Å². The lowest BCUT2D eigenvalue weighted by atomic mass is 10.0. The monoisotopic (exact) mass is 490 g/mol. The van der Waals surface area contributed by atoms with Crippen LogP contribution in [-0.4, -0.2) is 4.57 Å². The topological polar surface area (TPSA) is 8.81 Å². The molecule has 0 N–H and O–H groups in total. The van der Waals surface area contributed by atoms with Gasteiger partial charge in [0.15, 0.2) is 0 Å². The van der Waals surface area contributed by atoms with Crippen LogP contribution in [-0.2, 0) is 19.5 Å². The average Bonchev–Trinajstić information content (AvgIpc) is 3.24. The van der Waals surface area contributed by atoms with Crippen LogP contribution in [0.5, 0.6) is 0 Å². The Kier molecular flexibility index (Phi) is 22.9. The van der Waals surface area contributed by atoms with Crippen molar-refractivity contribution >= 4 is 0 Å². The van der Waals surface area contributed by atoms with Crippen LogP contribution in [0, 0.1) is 0 Å². The molecule has 0 fully saturated rings. The van der Waals surface area contributed by atoms with E-state index in [1.807, 2.05) is 0 Å². The fraction of sp³-hybridized carbons (Fsp3) is 0.909. The smallest absolute Gasteiger partial charge is 0.234 e. The van der Waals surface area contributed by atoms with E-state index in [0.717, 1.165) is 0 Å². The maximum Gasteiger partial charge on any atom is 0.256 e. The van der Waals surface area contributed by atoms with Crippen molar-refractivity contribution < 1.29 is 4.57 Å². The van der Waals surface area contributed by atoms with E-state index in [9.17, 15) is 0 Å². The third kappa shape index (κ3) is 18.2. The third-order valence-corrected chi connectivity index (χ3v) is 7.82. The van der Waals surface area contributed by atoms with Gasteiger partial charge in [-0.25, -0.2) is 9.13 Å². The summed E-state index contributed by atoms with van der Waals surface area (Å²) in [4.78, 5) is 0. The van der Waals surface area contributed by atoms with Crippen molar-refractivity contribution in [1.82, 2.24) is 4.57 Å². The normalized spacial score (nSPS) is 11.5. The van der Waals surface area contributed by atoms with Crippen molar-refractivity contribution in [3.05, 3.63) is 18.2 Å². The van der Waals surface area contributed by atoms with Crippen LogP contribution in [0.4, 0.5) is 0 Å². The zero-order valence-corrected chi connectivity index (χ0v) is 24.6. The van der Waals surface area contributed by atoms with Gasteiger partial charge < -0.3 is 0 Å². The lowest BCUT2D eigenvalue weighted by molar-refractivity contribution is -0.704. The Morgan fingerprint density at radius 2 is 0.886 bits per heavy atom. The number of hydrogen-bond acceptors (Lipinski definition) is 0. The van der Waals surface area contributed by atoms with Crippen molar-refractivity contribution in [3.8, 4) is 0 Å². The van der Waals surface area contributed by atoms with Gasteiger partial charge >= 0.3 is 0 Å². The fourth-order valence-corrected chi connectivity index (χ4v) is 5.49. The summed E-state index contributed by atoms with van der Waals surface area (Å²) in [6.07, 6.45) is 40.1. The molecule has 0 aliphatic heterocycles. The summed E-state index contributed by atoms with van der Waals surface area (Å²) < 4.78 is 5.13. The van der Waals surface area contributed by atoms with Gasteiger partial charge in [-0.15, -0.1) is 0 Å². The highest BCUT2D eigenvalue weighted by atomic mass is 15.1. The van der Waals surface area contributed by atoms with E-state index >= 15 is 0 Å². The molecular formula is C33H65N2+. The van der Waals surface area contributed by atoms with Gasteiger partial charge in [0.2, 0.25) is 0 Å². The molecule has 0 atom stereocenters. The lowest BCUT2D eigenvalue weighted by Crippen LogP contribution is -2.37. The molecule has 0 aromatic carbocycles. The molecule has 1 aromatic heterocycles. The van der Waals surface area contributed by atoms with Crippen LogP contribution in [0.1, 0.15) is 181 Å². The predicted molar refractivity (Wildman–Crippen MR) is 156 cm³/mol. The van der Waals surface area contributed by atoms with Crippen LogP contribution < -0.4 is 4.57 Å². The molecule has 0 saturated heterocycles. The second-order valence-corrected chi connectivity index (χ2v) is 11.3. The minimum Gasteiger partial charge on any atom is -0.234 e. The predicted octanol–water partition coefficient (Wildman–Crippen LogP) is 10.7. The Hall–Kier alpha value is -0.790. The first-order valence-electron chi connectivity index (χ1n) is 16.4. The van der Waals surface area contributed by atoms with Crippen LogP contribution in [0.3, 0.4) is 0 Å². The largest absolute Gasteiger partial charge is 0.256 e. The van der Waals surface area contributed by atoms with Crippen molar-refractivity contribution in [1.29, 1.82) is 0 Å². The highest BCUT2D eigenvalue weighted by Crippen LogP contribution is 2.14. The number of nitrogens with zero attached hydrogens (tertiary/aromatic N) is 2. The molecular weight excluding hydrogens is 424 g/mol. The molecule has 0 radical (unpaired) electrons. The molecule has 1 rings (SSSR count). The molecule has 2 nitrogen and oxygen atoms in total. The first-order chi connectivity index (χ1) is 17.3. The molecule has 35 heavy (non-hydrogen) atoms. The summed E-state index contributed by atoms with van der Waals surface area (Å²) in [6, 6.07) is 0. The Bertz CT molecular complexity index is 547.